The molecule has 0 amide bonds. The highest BCUT2D eigenvalue weighted by Gasteiger charge is 2.14. The van der Waals surface area contributed by atoms with Crippen LogP contribution in [0.5, 0.6) is 11.5 Å². The van der Waals surface area contributed by atoms with Gasteiger partial charge in [0.05, 0.1) is 33.2 Å². The van der Waals surface area contributed by atoms with Gasteiger partial charge in [-0.3, -0.25) is 0 Å². The number of nitriles is 1. The molecule has 0 unspecified atom stereocenters. The van der Waals surface area contributed by atoms with Crippen molar-refractivity contribution in [2.24, 2.45) is 0 Å². The summed E-state index contributed by atoms with van der Waals surface area (Å²) in [5.41, 5.74) is 3.81. The fourth-order valence-corrected chi connectivity index (χ4v) is 3.95. The number of nitrogens with zero attached hydrogens (tertiary/aromatic N) is 2. The number of aromatic amines is 1. The van der Waals surface area contributed by atoms with E-state index >= 15 is 0 Å². The van der Waals surface area contributed by atoms with Crippen LogP contribution in [0.3, 0.4) is 0 Å². The smallest absolute Gasteiger partial charge is 0.335 e. The molecular formula is C26H20BrN3O4. The first kappa shape index (κ1) is 23.1. The molecule has 7 nitrogen and oxygen atoms in total. The van der Waals surface area contributed by atoms with Crippen LogP contribution in [0.1, 0.15) is 34.2 Å². The van der Waals surface area contributed by atoms with E-state index in [2.05, 4.69) is 32.0 Å². The van der Waals surface area contributed by atoms with Crippen molar-refractivity contribution in [1.82, 2.24) is 9.97 Å². The van der Waals surface area contributed by atoms with E-state index < -0.39 is 5.97 Å². The molecule has 0 aliphatic rings. The normalized spacial score (nSPS) is 11.3. The Morgan fingerprint density at radius 3 is 2.62 bits per heavy atom. The zero-order chi connectivity index (χ0) is 24.1. The molecule has 4 rings (SSSR count). The summed E-state index contributed by atoms with van der Waals surface area (Å²) in [5, 5.41) is 18.8. The Bertz CT molecular complexity index is 1390. The van der Waals surface area contributed by atoms with E-state index in [1.807, 2.05) is 37.3 Å². The van der Waals surface area contributed by atoms with E-state index in [9.17, 15) is 10.1 Å². The van der Waals surface area contributed by atoms with Gasteiger partial charge >= 0.3 is 5.97 Å². The molecule has 0 fully saturated rings. The van der Waals surface area contributed by atoms with Gasteiger partial charge in [0.25, 0.3) is 0 Å². The minimum atomic E-state index is -0.975. The number of nitrogens with one attached hydrogen (secondary N) is 1. The number of para-hydroxylation sites is 2. The number of aromatic nitrogens is 2. The van der Waals surface area contributed by atoms with Crippen molar-refractivity contribution in [3.8, 4) is 17.6 Å². The quantitative estimate of drug-likeness (QED) is 0.274. The maximum Gasteiger partial charge on any atom is 0.335 e. The number of carbonyl (C=O) groups is 1. The van der Waals surface area contributed by atoms with Crippen molar-refractivity contribution < 1.29 is 19.4 Å². The first-order valence-corrected chi connectivity index (χ1v) is 11.3. The standard InChI is InChI=1S/C26H20BrN3O4/c1-2-33-23-13-17(11-19(14-28)25-29-21-5-3-4-6-22(21)30-25)12-20(27)24(23)34-15-16-7-9-18(10-8-16)26(31)32/h3-13H,2,15H2,1H3,(H,29,30)(H,31,32)/b19-11+. The molecule has 0 atom stereocenters. The van der Waals surface area contributed by atoms with E-state index in [4.69, 9.17) is 14.6 Å². The van der Waals surface area contributed by atoms with Crippen LogP contribution < -0.4 is 9.47 Å². The van der Waals surface area contributed by atoms with E-state index in [0.717, 1.165) is 22.2 Å². The van der Waals surface area contributed by atoms with Crippen LogP contribution in [0.4, 0.5) is 0 Å². The van der Waals surface area contributed by atoms with E-state index in [1.165, 1.54) is 12.1 Å². The number of carboxylic acids is 1. The molecular weight excluding hydrogens is 498 g/mol. The number of hydrogen-bond acceptors (Lipinski definition) is 5. The summed E-state index contributed by atoms with van der Waals surface area (Å²) in [6.45, 7) is 2.54. The van der Waals surface area contributed by atoms with Crippen LogP contribution in [0.2, 0.25) is 0 Å². The molecule has 0 bridgehead atoms. The van der Waals surface area contributed by atoms with Gasteiger partial charge in [-0.05, 0) is 76.5 Å². The SMILES string of the molecule is CCOc1cc(/C=C(\C#N)c2nc3ccccc3[nH]2)cc(Br)c1OCc1ccc(C(=O)O)cc1. The molecule has 4 aromatic rings. The summed E-state index contributed by atoms with van der Waals surface area (Å²) in [5.74, 6) is 0.551. The number of aromatic carboxylic acids is 1. The third-order valence-corrected chi connectivity index (χ3v) is 5.58. The molecule has 2 N–H and O–H groups in total. The molecule has 1 aromatic heterocycles. The predicted molar refractivity (Wildman–Crippen MR) is 133 cm³/mol. The zero-order valence-corrected chi connectivity index (χ0v) is 19.8. The number of H-pyrrole nitrogens is 1. The van der Waals surface area contributed by atoms with Crippen molar-refractivity contribution >= 4 is 44.6 Å². The molecule has 8 heteroatoms. The second-order valence-corrected chi connectivity index (χ2v) is 8.18. The fourth-order valence-electron chi connectivity index (χ4n) is 3.37. The number of fused-ring (bicyclic) bond motifs is 1. The molecule has 0 aliphatic heterocycles. The number of rotatable bonds is 8. The fraction of sp³-hybridized carbons (Fsp3) is 0.115. The van der Waals surface area contributed by atoms with Crippen LogP contribution in [0, 0.1) is 11.3 Å². The van der Waals surface area contributed by atoms with E-state index in [0.29, 0.717) is 34.0 Å². The Kier molecular flexibility index (Phi) is 6.95. The third kappa shape index (κ3) is 5.11. The van der Waals surface area contributed by atoms with Crippen molar-refractivity contribution in [3.05, 3.63) is 87.7 Å². The van der Waals surface area contributed by atoms with E-state index in [-0.39, 0.29) is 12.2 Å². The molecule has 0 radical (unpaired) electrons. The van der Waals surface area contributed by atoms with Gasteiger partial charge < -0.3 is 19.6 Å². The Labute approximate surface area is 204 Å². The molecule has 1 heterocycles. The molecule has 0 spiro atoms. The number of benzene rings is 3. The monoisotopic (exact) mass is 517 g/mol. The topological polar surface area (TPSA) is 108 Å². The molecule has 0 aliphatic carbocycles. The molecule has 0 saturated heterocycles. The molecule has 3 aromatic carbocycles. The van der Waals surface area contributed by atoms with Gasteiger partial charge in [0, 0.05) is 0 Å². The van der Waals surface area contributed by atoms with Crippen LogP contribution in [-0.4, -0.2) is 27.7 Å². The Balaban J connectivity index is 1.62. The lowest BCUT2D eigenvalue weighted by molar-refractivity contribution is 0.0697. The second-order valence-electron chi connectivity index (χ2n) is 7.33. The molecule has 34 heavy (non-hydrogen) atoms. The van der Waals surface area contributed by atoms with Gasteiger partial charge in [-0.1, -0.05) is 24.3 Å². The first-order chi connectivity index (χ1) is 16.5. The highest BCUT2D eigenvalue weighted by molar-refractivity contribution is 9.10. The van der Waals surface area contributed by atoms with Crippen LogP contribution >= 0.6 is 15.9 Å². The summed E-state index contributed by atoms with van der Waals surface area (Å²) < 4.78 is 12.5. The van der Waals surface area contributed by atoms with Crippen LogP contribution in [0.25, 0.3) is 22.7 Å². The largest absolute Gasteiger partial charge is 0.490 e. The van der Waals surface area contributed by atoms with Gasteiger partial charge in [0.2, 0.25) is 0 Å². The average molecular weight is 518 g/mol. The zero-order valence-electron chi connectivity index (χ0n) is 18.2. The van der Waals surface area contributed by atoms with Crippen molar-refractivity contribution in [2.45, 2.75) is 13.5 Å². The lowest BCUT2D eigenvalue weighted by Gasteiger charge is -2.15. The summed E-state index contributed by atoms with van der Waals surface area (Å²) >= 11 is 3.55. The Morgan fingerprint density at radius 2 is 1.94 bits per heavy atom. The average Bonchev–Trinajstić information content (AvgIpc) is 3.26. The number of halogens is 1. The number of carboxylic acid groups (broad SMARTS) is 1. The van der Waals surface area contributed by atoms with Crippen LogP contribution in [0.15, 0.2) is 65.1 Å². The molecule has 0 saturated carbocycles. The van der Waals surface area contributed by atoms with Gasteiger partial charge in [-0.25, -0.2) is 9.78 Å². The maximum atomic E-state index is 11.0. The van der Waals surface area contributed by atoms with E-state index in [1.54, 1.807) is 24.3 Å². The highest BCUT2D eigenvalue weighted by Crippen LogP contribution is 2.38. The van der Waals surface area contributed by atoms with Crippen molar-refractivity contribution in [2.75, 3.05) is 6.61 Å². The Morgan fingerprint density at radius 1 is 1.18 bits per heavy atom. The Hall–Kier alpha value is -4.09. The van der Waals surface area contributed by atoms with Gasteiger partial charge in [-0.2, -0.15) is 5.26 Å². The molecule has 170 valence electrons. The number of hydrogen-bond donors (Lipinski definition) is 2. The van der Waals surface area contributed by atoms with Gasteiger partial charge in [0.15, 0.2) is 11.5 Å². The van der Waals surface area contributed by atoms with Crippen LogP contribution in [-0.2, 0) is 6.61 Å². The highest BCUT2D eigenvalue weighted by atomic mass is 79.9. The summed E-state index contributed by atoms with van der Waals surface area (Å²) in [4.78, 5) is 18.7. The number of imidazole rings is 1. The predicted octanol–water partition coefficient (Wildman–Crippen LogP) is 6.07. The lowest BCUT2D eigenvalue weighted by atomic mass is 10.1. The lowest BCUT2D eigenvalue weighted by Crippen LogP contribution is -2.02. The summed E-state index contributed by atoms with van der Waals surface area (Å²) in [7, 11) is 0. The maximum absolute atomic E-state index is 11.0. The van der Waals surface area contributed by atoms with Gasteiger partial charge in [0.1, 0.15) is 18.5 Å². The summed E-state index contributed by atoms with van der Waals surface area (Å²) in [6.07, 6.45) is 1.74. The number of allylic oxidation sites excluding steroid dienone is 1. The third-order valence-electron chi connectivity index (χ3n) is 4.99. The first-order valence-electron chi connectivity index (χ1n) is 10.5. The van der Waals surface area contributed by atoms with Crippen molar-refractivity contribution in [1.29, 1.82) is 5.26 Å². The minimum Gasteiger partial charge on any atom is -0.490 e. The second kappa shape index (κ2) is 10.2. The number of ether oxygens (including phenoxy) is 2. The minimum absolute atomic E-state index is 0.217. The van der Waals surface area contributed by atoms with Gasteiger partial charge in [-0.15, -0.1) is 0 Å². The van der Waals surface area contributed by atoms with Crippen molar-refractivity contribution in [3.63, 3.8) is 0 Å². The summed E-state index contributed by atoms with van der Waals surface area (Å²) in [6, 6.07) is 19.9.